The molecule has 0 bridgehead atoms. The third-order valence-corrected chi connectivity index (χ3v) is 5.02. The third kappa shape index (κ3) is 4.00. The molecule has 0 saturated carbocycles. The first-order valence-electron chi connectivity index (χ1n) is 9.54. The smallest absolute Gasteiger partial charge is 0.251 e. The van der Waals surface area contributed by atoms with Gasteiger partial charge in [0.15, 0.2) is 0 Å². The van der Waals surface area contributed by atoms with E-state index in [0.29, 0.717) is 24.3 Å². The maximum Gasteiger partial charge on any atom is 0.251 e. The molecule has 1 N–H and O–H groups in total. The molecule has 0 fully saturated rings. The summed E-state index contributed by atoms with van der Waals surface area (Å²) in [6, 6.07) is 15.9. The quantitative estimate of drug-likeness (QED) is 0.531. The second kappa shape index (κ2) is 8.32. The number of aromatic nitrogens is 3. The Bertz CT molecular complexity index is 1220. The predicted molar refractivity (Wildman–Crippen MR) is 113 cm³/mol. The Morgan fingerprint density at radius 1 is 1.10 bits per heavy atom. The topological polar surface area (TPSA) is 69.0 Å². The molecule has 0 unspecified atom stereocenters. The van der Waals surface area contributed by atoms with Crippen LogP contribution >= 0.6 is 0 Å². The van der Waals surface area contributed by atoms with Gasteiger partial charge >= 0.3 is 0 Å². The Morgan fingerprint density at radius 2 is 1.90 bits per heavy atom. The van der Waals surface area contributed by atoms with Crippen LogP contribution in [0.1, 0.15) is 16.2 Å². The zero-order chi connectivity index (χ0) is 21.1. The average Bonchev–Trinajstić information content (AvgIpc) is 3.17. The standard InChI is InChI=1S/C23H21FN4O2/c1-28-22(26-14-27-28)9-10-25-23(29)18-6-4-15-11-17(5-3-16(15)12-18)20-8-7-19(24)13-21(20)30-2/h3-8,11-14H,9-10H2,1-2H3,(H,25,29). The van der Waals surface area contributed by atoms with Gasteiger partial charge in [0.2, 0.25) is 0 Å². The highest BCUT2D eigenvalue weighted by Gasteiger charge is 2.10. The number of hydrogen-bond donors (Lipinski definition) is 1. The summed E-state index contributed by atoms with van der Waals surface area (Å²) in [4.78, 5) is 16.6. The lowest BCUT2D eigenvalue weighted by Gasteiger charge is -2.10. The van der Waals surface area contributed by atoms with Gasteiger partial charge in [-0.3, -0.25) is 9.48 Å². The number of aryl methyl sites for hydroxylation is 1. The fourth-order valence-corrected chi connectivity index (χ4v) is 3.39. The van der Waals surface area contributed by atoms with E-state index in [2.05, 4.69) is 15.4 Å². The number of nitrogens with one attached hydrogen (secondary N) is 1. The van der Waals surface area contributed by atoms with Gasteiger partial charge < -0.3 is 10.1 Å². The van der Waals surface area contributed by atoms with Crippen molar-refractivity contribution in [3.05, 3.63) is 78.1 Å². The molecule has 0 aliphatic heterocycles. The number of rotatable bonds is 6. The van der Waals surface area contributed by atoms with Gasteiger partial charge in [-0.05, 0) is 46.7 Å². The highest BCUT2D eigenvalue weighted by atomic mass is 19.1. The van der Waals surface area contributed by atoms with E-state index < -0.39 is 0 Å². The number of halogens is 1. The first kappa shape index (κ1) is 19.6. The molecule has 152 valence electrons. The molecule has 1 heterocycles. The Morgan fingerprint density at radius 3 is 2.67 bits per heavy atom. The van der Waals surface area contributed by atoms with Crippen molar-refractivity contribution in [1.29, 1.82) is 0 Å². The number of fused-ring (bicyclic) bond motifs is 1. The summed E-state index contributed by atoms with van der Waals surface area (Å²) in [6.45, 7) is 0.479. The molecule has 30 heavy (non-hydrogen) atoms. The molecule has 3 aromatic carbocycles. The number of carbonyl (C=O) groups is 1. The maximum absolute atomic E-state index is 13.5. The summed E-state index contributed by atoms with van der Waals surface area (Å²) < 4.78 is 20.5. The lowest BCUT2D eigenvalue weighted by Crippen LogP contribution is -2.26. The van der Waals surface area contributed by atoms with Crippen molar-refractivity contribution in [3.63, 3.8) is 0 Å². The Hall–Kier alpha value is -3.74. The van der Waals surface area contributed by atoms with Crippen molar-refractivity contribution < 1.29 is 13.9 Å². The largest absolute Gasteiger partial charge is 0.496 e. The summed E-state index contributed by atoms with van der Waals surface area (Å²) in [6.07, 6.45) is 2.11. The molecule has 0 saturated heterocycles. The molecule has 0 aliphatic carbocycles. The number of amides is 1. The number of hydrogen-bond acceptors (Lipinski definition) is 4. The minimum Gasteiger partial charge on any atom is -0.496 e. The van der Waals surface area contributed by atoms with Crippen LogP contribution in [-0.2, 0) is 13.5 Å². The van der Waals surface area contributed by atoms with Crippen LogP contribution in [0.2, 0.25) is 0 Å². The van der Waals surface area contributed by atoms with Gasteiger partial charge in [0.25, 0.3) is 5.91 Å². The summed E-state index contributed by atoms with van der Waals surface area (Å²) >= 11 is 0. The second-order valence-electron chi connectivity index (χ2n) is 6.93. The summed E-state index contributed by atoms with van der Waals surface area (Å²) in [7, 11) is 3.35. The van der Waals surface area contributed by atoms with Crippen molar-refractivity contribution in [2.45, 2.75) is 6.42 Å². The summed E-state index contributed by atoms with van der Waals surface area (Å²) in [5.41, 5.74) is 2.32. The molecular formula is C23H21FN4O2. The minimum absolute atomic E-state index is 0.136. The van der Waals surface area contributed by atoms with E-state index in [1.54, 1.807) is 16.8 Å². The molecule has 6 nitrogen and oxygen atoms in total. The first-order valence-corrected chi connectivity index (χ1v) is 9.54. The van der Waals surface area contributed by atoms with Crippen LogP contribution < -0.4 is 10.1 Å². The Kier molecular flexibility index (Phi) is 5.43. The Balaban J connectivity index is 1.52. The van der Waals surface area contributed by atoms with E-state index in [1.807, 2.05) is 37.4 Å². The molecule has 1 aromatic heterocycles. The van der Waals surface area contributed by atoms with E-state index in [0.717, 1.165) is 27.7 Å². The van der Waals surface area contributed by atoms with E-state index >= 15 is 0 Å². The van der Waals surface area contributed by atoms with Gasteiger partial charge in [-0.15, -0.1) is 0 Å². The van der Waals surface area contributed by atoms with Gasteiger partial charge in [-0.25, -0.2) is 9.37 Å². The zero-order valence-corrected chi connectivity index (χ0v) is 16.7. The molecule has 0 spiro atoms. The molecule has 7 heteroatoms. The number of nitrogens with zero attached hydrogens (tertiary/aromatic N) is 3. The van der Waals surface area contributed by atoms with Crippen LogP contribution in [0.25, 0.3) is 21.9 Å². The van der Waals surface area contributed by atoms with Crippen LogP contribution in [-0.4, -0.2) is 34.3 Å². The van der Waals surface area contributed by atoms with E-state index in [1.165, 1.54) is 25.6 Å². The lowest BCUT2D eigenvalue weighted by atomic mass is 9.99. The molecule has 0 atom stereocenters. The van der Waals surface area contributed by atoms with Gasteiger partial charge in [-0.1, -0.05) is 18.2 Å². The van der Waals surface area contributed by atoms with Crippen LogP contribution in [0.5, 0.6) is 5.75 Å². The van der Waals surface area contributed by atoms with Crippen molar-refractivity contribution in [3.8, 4) is 16.9 Å². The van der Waals surface area contributed by atoms with Crippen LogP contribution in [0, 0.1) is 5.82 Å². The fraction of sp³-hybridized carbons (Fsp3) is 0.174. The predicted octanol–water partition coefficient (Wildman–Crippen LogP) is 3.76. The summed E-state index contributed by atoms with van der Waals surface area (Å²) in [5, 5.41) is 8.86. The Labute approximate surface area is 173 Å². The normalized spacial score (nSPS) is 10.9. The van der Waals surface area contributed by atoms with Gasteiger partial charge in [0.1, 0.15) is 23.7 Å². The van der Waals surface area contributed by atoms with Gasteiger partial charge in [-0.2, -0.15) is 5.10 Å². The van der Waals surface area contributed by atoms with Crippen LogP contribution in [0.3, 0.4) is 0 Å². The fourth-order valence-electron chi connectivity index (χ4n) is 3.39. The van der Waals surface area contributed by atoms with Crippen molar-refractivity contribution >= 4 is 16.7 Å². The highest BCUT2D eigenvalue weighted by molar-refractivity contribution is 5.99. The number of carbonyl (C=O) groups excluding carboxylic acids is 1. The monoisotopic (exact) mass is 404 g/mol. The number of methoxy groups -OCH3 is 1. The van der Waals surface area contributed by atoms with Gasteiger partial charge in [0.05, 0.1) is 7.11 Å². The second-order valence-corrected chi connectivity index (χ2v) is 6.93. The SMILES string of the molecule is COc1cc(F)ccc1-c1ccc2cc(C(=O)NCCc3ncnn3C)ccc2c1. The van der Waals surface area contributed by atoms with Crippen molar-refractivity contribution in [1.82, 2.24) is 20.1 Å². The van der Waals surface area contributed by atoms with Gasteiger partial charge in [0, 0.05) is 37.2 Å². The molecular weight excluding hydrogens is 383 g/mol. The number of ether oxygens (including phenoxy) is 1. The van der Waals surface area contributed by atoms with Crippen molar-refractivity contribution in [2.24, 2.45) is 7.05 Å². The average molecular weight is 404 g/mol. The van der Waals surface area contributed by atoms with Crippen molar-refractivity contribution in [2.75, 3.05) is 13.7 Å². The minimum atomic E-state index is -0.341. The molecule has 0 radical (unpaired) electrons. The first-order chi connectivity index (χ1) is 14.5. The molecule has 4 rings (SSSR count). The van der Waals surface area contributed by atoms with Crippen LogP contribution in [0.4, 0.5) is 4.39 Å². The summed E-state index contributed by atoms with van der Waals surface area (Å²) in [5.74, 6) is 0.820. The van der Waals surface area contributed by atoms with E-state index in [9.17, 15) is 9.18 Å². The van der Waals surface area contributed by atoms with Crippen LogP contribution in [0.15, 0.2) is 60.9 Å². The maximum atomic E-state index is 13.5. The third-order valence-electron chi connectivity index (χ3n) is 5.02. The lowest BCUT2D eigenvalue weighted by molar-refractivity contribution is 0.0954. The molecule has 1 amide bonds. The molecule has 0 aliphatic rings. The van der Waals surface area contributed by atoms with E-state index in [-0.39, 0.29) is 11.7 Å². The number of benzene rings is 3. The molecule has 4 aromatic rings. The van der Waals surface area contributed by atoms with E-state index in [4.69, 9.17) is 4.74 Å². The highest BCUT2D eigenvalue weighted by Crippen LogP contribution is 2.32. The zero-order valence-electron chi connectivity index (χ0n) is 16.7.